The summed E-state index contributed by atoms with van der Waals surface area (Å²) in [4.78, 5) is 12.7. The standard InChI is InChI=1S/C13H18ClNO2/c1-2-15(8-4-7-13(16)17)10-11-5-3-6-12(14)9-11/h3,5-6,9H,2,4,7-8,10H2,1H3,(H,16,17). The molecule has 0 aromatic heterocycles. The van der Waals surface area contributed by atoms with Crippen molar-refractivity contribution in [1.82, 2.24) is 4.90 Å². The van der Waals surface area contributed by atoms with Gasteiger partial charge in [-0.1, -0.05) is 30.7 Å². The summed E-state index contributed by atoms with van der Waals surface area (Å²) in [7, 11) is 0. The molecule has 0 saturated carbocycles. The fourth-order valence-electron chi connectivity index (χ4n) is 1.70. The van der Waals surface area contributed by atoms with Gasteiger partial charge in [-0.15, -0.1) is 0 Å². The first-order valence-electron chi connectivity index (χ1n) is 5.80. The minimum atomic E-state index is -0.733. The molecule has 1 aromatic rings. The van der Waals surface area contributed by atoms with Crippen LogP contribution in [0, 0.1) is 0 Å². The van der Waals surface area contributed by atoms with Crippen molar-refractivity contribution in [3.8, 4) is 0 Å². The van der Waals surface area contributed by atoms with Gasteiger partial charge in [-0.2, -0.15) is 0 Å². The lowest BCUT2D eigenvalue weighted by Gasteiger charge is -2.20. The van der Waals surface area contributed by atoms with E-state index < -0.39 is 5.97 Å². The van der Waals surface area contributed by atoms with Gasteiger partial charge in [0.05, 0.1) is 0 Å². The largest absolute Gasteiger partial charge is 0.481 e. The number of nitrogens with zero attached hydrogens (tertiary/aromatic N) is 1. The number of halogens is 1. The van der Waals surface area contributed by atoms with E-state index in [0.717, 1.165) is 30.2 Å². The summed E-state index contributed by atoms with van der Waals surface area (Å²) in [5, 5.41) is 9.33. The SMILES string of the molecule is CCN(CCCC(=O)O)Cc1cccc(Cl)c1. The number of rotatable bonds is 7. The minimum Gasteiger partial charge on any atom is -0.481 e. The Labute approximate surface area is 107 Å². The number of aliphatic carboxylic acids is 1. The molecule has 0 spiro atoms. The molecule has 94 valence electrons. The van der Waals surface area contributed by atoms with E-state index in [1.807, 2.05) is 24.3 Å². The third-order valence-electron chi connectivity index (χ3n) is 2.61. The predicted octanol–water partition coefficient (Wildman–Crippen LogP) is 3.03. The Kier molecular flexibility index (Phi) is 6.01. The molecule has 0 atom stereocenters. The highest BCUT2D eigenvalue weighted by Gasteiger charge is 2.05. The van der Waals surface area contributed by atoms with Crippen LogP contribution < -0.4 is 0 Å². The monoisotopic (exact) mass is 255 g/mol. The summed E-state index contributed by atoms with van der Waals surface area (Å²) in [6.45, 7) is 4.60. The zero-order valence-corrected chi connectivity index (χ0v) is 10.8. The van der Waals surface area contributed by atoms with Gasteiger partial charge < -0.3 is 5.11 Å². The number of hydrogen-bond donors (Lipinski definition) is 1. The van der Waals surface area contributed by atoms with E-state index >= 15 is 0 Å². The topological polar surface area (TPSA) is 40.5 Å². The number of hydrogen-bond acceptors (Lipinski definition) is 2. The van der Waals surface area contributed by atoms with Gasteiger partial charge in [-0.05, 0) is 37.2 Å². The summed E-state index contributed by atoms with van der Waals surface area (Å²) in [6.07, 6.45) is 0.912. The van der Waals surface area contributed by atoms with Crippen LogP contribution in [0.3, 0.4) is 0 Å². The average molecular weight is 256 g/mol. The van der Waals surface area contributed by atoms with E-state index in [4.69, 9.17) is 16.7 Å². The highest BCUT2D eigenvalue weighted by Crippen LogP contribution is 2.12. The molecule has 0 radical (unpaired) electrons. The van der Waals surface area contributed by atoms with Crippen LogP contribution in [0.5, 0.6) is 0 Å². The van der Waals surface area contributed by atoms with Gasteiger partial charge in [0.1, 0.15) is 0 Å². The number of carboxylic acids is 1. The minimum absolute atomic E-state index is 0.228. The van der Waals surface area contributed by atoms with Gasteiger partial charge in [-0.25, -0.2) is 0 Å². The second-order valence-corrected chi connectivity index (χ2v) is 4.43. The van der Waals surface area contributed by atoms with E-state index in [-0.39, 0.29) is 6.42 Å². The Bertz CT molecular complexity index is 368. The summed E-state index contributed by atoms with van der Waals surface area (Å²) in [5.41, 5.74) is 1.16. The molecule has 0 aliphatic rings. The maximum Gasteiger partial charge on any atom is 0.303 e. The van der Waals surface area contributed by atoms with E-state index in [0.29, 0.717) is 6.42 Å². The summed E-state index contributed by atoms with van der Waals surface area (Å²) < 4.78 is 0. The Morgan fingerprint density at radius 1 is 1.47 bits per heavy atom. The molecule has 0 amide bonds. The Balaban J connectivity index is 2.43. The van der Waals surface area contributed by atoms with Crippen LogP contribution in [0.4, 0.5) is 0 Å². The second-order valence-electron chi connectivity index (χ2n) is 4.00. The van der Waals surface area contributed by atoms with Crippen LogP contribution in [-0.4, -0.2) is 29.1 Å². The van der Waals surface area contributed by atoms with Gasteiger partial charge in [0.25, 0.3) is 0 Å². The van der Waals surface area contributed by atoms with Crippen molar-refractivity contribution >= 4 is 17.6 Å². The number of carboxylic acid groups (broad SMARTS) is 1. The summed E-state index contributed by atoms with van der Waals surface area (Å²) in [6, 6.07) is 7.77. The van der Waals surface area contributed by atoms with Gasteiger partial charge in [0.15, 0.2) is 0 Å². The lowest BCUT2D eigenvalue weighted by atomic mass is 10.2. The molecule has 0 heterocycles. The fourth-order valence-corrected chi connectivity index (χ4v) is 1.91. The molecule has 0 unspecified atom stereocenters. The van der Waals surface area contributed by atoms with Crippen LogP contribution in [0.1, 0.15) is 25.3 Å². The van der Waals surface area contributed by atoms with Gasteiger partial charge in [-0.3, -0.25) is 9.69 Å². The lowest BCUT2D eigenvalue weighted by Crippen LogP contribution is -2.24. The van der Waals surface area contributed by atoms with Crippen molar-refractivity contribution in [2.75, 3.05) is 13.1 Å². The molecule has 4 heteroatoms. The molecule has 1 rings (SSSR count). The molecule has 1 aromatic carbocycles. The van der Waals surface area contributed by atoms with Crippen LogP contribution in [0.25, 0.3) is 0 Å². The van der Waals surface area contributed by atoms with Crippen LogP contribution in [0.2, 0.25) is 5.02 Å². The maximum absolute atomic E-state index is 10.4. The van der Waals surface area contributed by atoms with Crippen molar-refractivity contribution in [3.05, 3.63) is 34.9 Å². The average Bonchev–Trinajstić information content (AvgIpc) is 2.27. The maximum atomic E-state index is 10.4. The molecule has 17 heavy (non-hydrogen) atoms. The zero-order valence-electron chi connectivity index (χ0n) is 10.0. The summed E-state index contributed by atoms with van der Waals surface area (Å²) in [5.74, 6) is -0.733. The van der Waals surface area contributed by atoms with E-state index in [9.17, 15) is 4.79 Å². The quantitative estimate of drug-likeness (QED) is 0.814. The Morgan fingerprint density at radius 2 is 2.24 bits per heavy atom. The normalized spacial score (nSPS) is 10.8. The van der Waals surface area contributed by atoms with E-state index in [1.165, 1.54) is 0 Å². The first kappa shape index (κ1) is 14.0. The third kappa shape index (κ3) is 5.71. The fraction of sp³-hybridized carbons (Fsp3) is 0.462. The van der Waals surface area contributed by atoms with Crippen molar-refractivity contribution < 1.29 is 9.90 Å². The first-order valence-corrected chi connectivity index (χ1v) is 6.18. The number of carbonyl (C=O) groups is 1. The van der Waals surface area contributed by atoms with E-state index in [2.05, 4.69) is 11.8 Å². The molecule has 0 saturated heterocycles. The Morgan fingerprint density at radius 3 is 2.82 bits per heavy atom. The molecule has 0 fully saturated rings. The number of benzene rings is 1. The van der Waals surface area contributed by atoms with Crippen LogP contribution in [-0.2, 0) is 11.3 Å². The van der Waals surface area contributed by atoms with Gasteiger partial charge >= 0.3 is 5.97 Å². The van der Waals surface area contributed by atoms with Gasteiger partial charge in [0.2, 0.25) is 0 Å². The van der Waals surface area contributed by atoms with Crippen molar-refractivity contribution in [1.29, 1.82) is 0 Å². The molecular formula is C13H18ClNO2. The van der Waals surface area contributed by atoms with Gasteiger partial charge in [0, 0.05) is 18.0 Å². The molecule has 0 bridgehead atoms. The Hall–Kier alpha value is -1.06. The zero-order chi connectivity index (χ0) is 12.7. The van der Waals surface area contributed by atoms with E-state index in [1.54, 1.807) is 0 Å². The molecule has 3 nitrogen and oxygen atoms in total. The van der Waals surface area contributed by atoms with Crippen LogP contribution >= 0.6 is 11.6 Å². The first-order chi connectivity index (χ1) is 8.11. The molecule has 1 N–H and O–H groups in total. The highest BCUT2D eigenvalue weighted by molar-refractivity contribution is 6.30. The van der Waals surface area contributed by atoms with Crippen molar-refractivity contribution in [2.24, 2.45) is 0 Å². The van der Waals surface area contributed by atoms with Crippen molar-refractivity contribution in [3.63, 3.8) is 0 Å². The smallest absolute Gasteiger partial charge is 0.303 e. The predicted molar refractivity (Wildman–Crippen MR) is 69.3 cm³/mol. The second kappa shape index (κ2) is 7.30. The summed E-state index contributed by atoms with van der Waals surface area (Å²) >= 11 is 5.92. The highest BCUT2D eigenvalue weighted by atomic mass is 35.5. The van der Waals surface area contributed by atoms with Crippen molar-refractivity contribution in [2.45, 2.75) is 26.3 Å². The molecular weight excluding hydrogens is 238 g/mol. The van der Waals surface area contributed by atoms with Crippen LogP contribution in [0.15, 0.2) is 24.3 Å². The lowest BCUT2D eigenvalue weighted by molar-refractivity contribution is -0.137. The molecule has 0 aliphatic heterocycles. The molecule has 0 aliphatic carbocycles. The third-order valence-corrected chi connectivity index (χ3v) is 2.84.